The molecule has 0 saturated heterocycles. The molecule has 1 heterocycles. The lowest BCUT2D eigenvalue weighted by molar-refractivity contribution is 0.548. The van der Waals surface area contributed by atoms with E-state index in [1.165, 1.54) is 0 Å². The lowest BCUT2D eigenvalue weighted by atomic mass is 10.3. The second-order valence-electron chi connectivity index (χ2n) is 4.28. The Hall–Kier alpha value is -0.920. The summed E-state index contributed by atoms with van der Waals surface area (Å²) in [5.41, 5.74) is 1.09. The van der Waals surface area contributed by atoms with Gasteiger partial charge in [-0.05, 0) is 26.8 Å². The van der Waals surface area contributed by atoms with Gasteiger partial charge in [0.15, 0.2) is 0 Å². The maximum Gasteiger partial charge on any atom is 0.209 e. The van der Waals surface area contributed by atoms with Crippen molar-refractivity contribution in [3.8, 4) is 0 Å². The third-order valence-electron chi connectivity index (χ3n) is 2.39. The molecule has 0 aliphatic heterocycles. The molecule has 7 heteroatoms. The van der Waals surface area contributed by atoms with Gasteiger partial charge in [0, 0.05) is 18.8 Å². The van der Waals surface area contributed by atoms with Gasteiger partial charge in [0.25, 0.3) is 0 Å². The molecule has 3 N–H and O–H groups in total. The highest BCUT2D eigenvalue weighted by Crippen LogP contribution is 2.08. The van der Waals surface area contributed by atoms with Crippen molar-refractivity contribution in [1.29, 1.82) is 0 Å². The molecule has 1 aromatic heterocycles. The van der Waals surface area contributed by atoms with Gasteiger partial charge in [-0.1, -0.05) is 0 Å². The van der Waals surface area contributed by atoms with Crippen LogP contribution in [0.1, 0.15) is 32.0 Å². The lowest BCUT2D eigenvalue weighted by Gasteiger charge is -2.12. The normalized spacial score (nSPS) is 12.2. The molecule has 0 radical (unpaired) electrons. The monoisotopic (exact) mass is 260 g/mol. The summed E-state index contributed by atoms with van der Waals surface area (Å²) in [6.45, 7) is 5.49. The van der Waals surface area contributed by atoms with E-state index in [0.717, 1.165) is 5.69 Å². The number of nitrogens with two attached hydrogens (primary N) is 1. The SMILES string of the molecule is CC(C)n1cncc1CNCCCS(N)(=O)=O. The number of imidazole rings is 1. The lowest BCUT2D eigenvalue weighted by Crippen LogP contribution is -2.23. The minimum absolute atomic E-state index is 0.0173. The molecule has 0 atom stereocenters. The van der Waals surface area contributed by atoms with Crippen LogP contribution in [0.5, 0.6) is 0 Å². The molecule has 6 nitrogen and oxygen atoms in total. The van der Waals surface area contributed by atoms with Crippen LogP contribution in [0.15, 0.2) is 12.5 Å². The Balaban J connectivity index is 2.29. The van der Waals surface area contributed by atoms with Crippen molar-refractivity contribution in [2.45, 2.75) is 32.9 Å². The Labute approximate surface area is 102 Å². The van der Waals surface area contributed by atoms with Crippen LogP contribution >= 0.6 is 0 Å². The summed E-state index contributed by atoms with van der Waals surface area (Å²) in [4.78, 5) is 4.09. The van der Waals surface area contributed by atoms with Gasteiger partial charge < -0.3 is 9.88 Å². The standard InChI is InChI=1S/C10H20N4O2S/c1-9(2)14-8-13-7-10(14)6-12-4-3-5-17(11,15)16/h7-9,12H,3-6H2,1-2H3,(H2,11,15,16). The molecule has 0 spiro atoms. The Morgan fingerprint density at radius 3 is 2.82 bits per heavy atom. The third-order valence-corrected chi connectivity index (χ3v) is 3.25. The highest BCUT2D eigenvalue weighted by Gasteiger charge is 2.05. The summed E-state index contributed by atoms with van der Waals surface area (Å²) in [5.74, 6) is 0.0173. The van der Waals surface area contributed by atoms with Gasteiger partial charge in [0.05, 0.1) is 17.8 Å². The second-order valence-corrected chi connectivity index (χ2v) is 6.02. The number of hydrogen-bond donors (Lipinski definition) is 2. The zero-order valence-electron chi connectivity index (χ0n) is 10.3. The van der Waals surface area contributed by atoms with Crippen LogP contribution in [0, 0.1) is 0 Å². The zero-order valence-corrected chi connectivity index (χ0v) is 11.1. The molecular formula is C10H20N4O2S. The van der Waals surface area contributed by atoms with Crippen LogP contribution in [-0.2, 0) is 16.6 Å². The first-order valence-corrected chi connectivity index (χ1v) is 7.33. The van der Waals surface area contributed by atoms with E-state index >= 15 is 0 Å². The van der Waals surface area contributed by atoms with Gasteiger partial charge in [-0.25, -0.2) is 18.5 Å². The third kappa shape index (κ3) is 5.29. The summed E-state index contributed by atoms with van der Waals surface area (Å²) >= 11 is 0. The first-order chi connectivity index (χ1) is 7.90. The minimum atomic E-state index is -3.34. The molecular weight excluding hydrogens is 240 g/mol. The van der Waals surface area contributed by atoms with Crippen molar-refractivity contribution in [2.75, 3.05) is 12.3 Å². The van der Waals surface area contributed by atoms with E-state index in [0.29, 0.717) is 25.6 Å². The van der Waals surface area contributed by atoms with Gasteiger partial charge in [-0.2, -0.15) is 0 Å². The molecule has 0 saturated carbocycles. The molecule has 0 aliphatic rings. The van der Waals surface area contributed by atoms with Crippen molar-refractivity contribution in [2.24, 2.45) is 5.14 Å². The van der Waals surface area contributed by atoms with Crippen molar-refractivity contribution in [3.05, 3.63) is 18.2 Å². The summed E-state index contributed by atoms with van der Waals surface area (Å²) in [6.07, 6.45) is 4.13. The number of nitrogens with zero attached hydrogens (tertiary/aromatic N) is 2. The van der Waals surface area contributed by atoms with E-state index in [9.17, 15) is 8.42 Å². The topological polar surface area (TPSA) is 90.0 Å². The molecule has 17 heavy (non-hydrogen) atoms. The second kappa shape index (κ2) is 6.13. The number of sulfonamides is 1. The maximum atomic E-state index is 10.7. The number of nitrogens with one attached hydrogen (secondary N) is 1. The highest BCUT2D eigenvalue weighted by molar-refractivity contribution is 7.89. The molecule has 0 amide bonds. The number of aromatic nitrogens is 2. The van der Waals surface area contributed by atoms with E-state index < -0.39 is 10.0 Å². The van der Waals surface area contributed by atoms with Crippen LogP contribution < -0.4 is 10.5 Å². The Kier molecular flexibility index (Phi) is 5.10. The number of rotatable bonds is 7. The average Bonchev–Trinajstić information content (AvgIpc) is 2.63. The van der Waals surface area contributed by atoms with Gasteiger partial charge >= 0.3 is 0 Å². The summed E-state index contributed by atoms with van der Waals surface area (Å²) in [7, 11) is -3.34. The quantitative estimate of drug-likeness (QED) is 0.687. The van der Waals surface area contributed by atoms with E-state index in [-0.39, 0.29) is 5.75 Å². The summed E-state index contributed by atoms with van der Waals surface area (Å²) in [5, 5.41) is 8.08. The fourth-order valence-electron chi connectivity index (χ4n) is 1.55. The molecule has 0 bridgehead atoms. The number of primary sulfonamides is 1. The Bertz CT molecular complexity index is 439. The van der Waals surface area contributed by atoms with E-state index in [1.54, 1.807) is 6.33 Å². The van der Waals surface area contributed by atoms with Crippen molar-refractivity contribution in [1.82, 2.24) is 14.9 Å². The first-order valence-electron chi connectivity index (χ1n) is 5.62. The van der Waals surface area contributed by atoms with Gasteiger partial charge in [0.2, 0.25) is 10.0 Å². The predicted molar refractivity (Wildman–Crippen MR) is 66.9 cm³/mol. The van der Waals surface area contributed by atoms with Crippen molar-refractivity contribution < 1.29 is 8.42 Å². The predicted octanol–water partition coefficient (Wildman–Crippen LogP) is 0.232. The molecule has 0 aromatic carbocycles. The van der Waals surface area contributed by atoms with Crippen LogP contribution in [0.4, 0.5) is 0 Å². The van der Waals surface area contributed by atoms with Gasteiger partial charge in [-0.15, -0.1) is 0 Å². The number of hydrogen-bond acceptors (Lipinski definition) is 4. The van der Waals surface area contributed by atoms with Gasteiger partial charge in [-0.3, -0.25) is 0 Å². The molecule has 1 aromatic rings. The molecule has 98 valence electrons. The fourth-order valence-corrected chi connectivity index (χ4v) is 2.10. The summed E-state index contributed by atoms with van der Waals surface area (Å²) < 4.78 is 23.5. The van der Waals surface area contributed by atoms with Crippen LogP contribution in [0.25, 0.3) is 0 Å². The molecule has 0 unspecified atom stereocenters. The average molecular weight is 260 g/mol. The first kappa shape index (κ1) is 14.1. The smallest absolute Gasteiger partial charge is 0.209 e. The van der Waals surface area contributed by atoms with Crippen molar-refractivity contribution >= 4 is 10.0 Å². The highest BCUT2D eigenvalue weighted by atomic mass is 32.2. The van der Waals surface area contributed by atoms with E-state index in [1.807, 2.05) is 6.20 Å². The maximum absolute atomic E-state index is 10.7. The van der Waals surface area contributed by atoms with Crippen LogP contribution in [0.2, 0.25) is 0 Å². The van der Waals surface area contributed by atoms with Crippen LogP contribution in [0.3, 0.4) is 0 Å². The largest absolute Gasteiger partial charge is 0.331 e. The van der Waals surface area contributed by atoms with Crippen molar-refractivity contribution in [3.63, 3.8) is 0 Å². The fraction of sp³-hybridized carbons (Fsp3) is 0.700. The minimum Gasteiger partial charge on any atom is -0.331 e. The Morgan fingerprint density at radius 1 is 1.53 bits per heavy atom. The molecule has 0 aliphatic carbocycles. The summed E-state index contributed by atoms with van der Waals surface area (Å²) in [6, 6.07) is 0.374. The Morgan fingerprint density at radius 2 is 2.24 bits per heavy atom. The molecule has 0 fully saturated rings. The molecule has 1 rings (SSSR count). The zero-order chi connectivity index (χ0) is 12.9. The van der Waals surface area contributed by atoms with E-state index in [4.69, 9.17) is 5.14 Å². The van der Waals surface area contributed by atoms with Crippen LogP contribution in [-0.4, -0.2) is 30.3 Å². The van der Waals surface area contributed by atoms with Gasteiger partial charge in [0.1, 0.15) is 0 Å². The van der Waals surface area contributed by atoms with E-state index in [2.05, 4.69) is 28.7 Å².